The Bertz CT molecular complexity index is 500. The highest BCUT2D eigenvalue weighted by molar-refractivity contribution is 5.96. The van der Waals surface area contributed by atoms with Crippen molar-refractivity contribution in [1.29, 1.82) is 0 Å². The molecule has 0 aliphatic rings. The highest BCUT2D eigenvalue weighted by Gasteiger charge is 2.22. The number of halogens is 2. The zero-order valence-corrected chi connectivity index (χ0v) is 12.9. The Labute approximate surface area is 129 Å². The van der Waals surface area contributed by atoms with E-state index < -0.39 is 29.1 Å². The van der Waals surface area contributed by atoms with Crippen molar-refractivity contribution in [3.05, 3.63) is 35.4 Å². The van der Waals surface area contributed by atoms with Crippen LogP contribution in [-0.2, 0) is 9.53 Å². The lowest BCUT2D eigenvalue weighted by Gasteiger charge is -2.17. The number of carbonyl (C=O) groups excluding carboxylic acids is 2. The van der Waals surface area contributed by atoms with Gasteiger partial charge in [0.05, 0.1) is 6.61 Å². The molecule has 0 N–H and O–H groups in total. The number of likely N-dealkylation sites (N-methyl/N-ethyl adjacent to an activating group) is 1. The summed E-state index contributed by atoms with van der Waals surface area (Å²) in [7, 11) is 1.30. The third-order valence-corrected chi connectivity index (χ3v) is 3.15. The van der Waals surface area contributed by atoms with E-state index in [0.717, 1.165) is 42.7 Å². The number of benzene rings is 1. The van der Waals surface area contributed by atoms with Crippen molar-refractivity contribution in [3.63, 3.8) is 0 Å². The molecule has 0 saturated heterocycles. The maximum Gasteiger partial charge on any atom is 0.325 e. The predicted octanol–water partition coefficient (Wildman–Crippen LogP) is 3.16. The van der Waals surface area contributed by atoms with Gasteiger partial charge >= 0.3 is 5.97 Å². The lowest BCUT2D eigenvalue weighted by Crippen LogP contribution is -2.34. The van der Waals surface area contributed by atoms with Gasteiger partial charge in [-0.3, -0.25) is 9.59 Å². The van der Waals surface area contributed by atoms with Gasteiger partial charge in [0.25, 0.3) is 5.91 Å². The molecule has 1 aromatic rings. The molecule has 0 saturated carbocycles. The van der Waals surface area contributed by atoms with Gasteiger partial charge in [0, 0.05) is 7.05 Å². The van der Waals surface area contributed by atoms with Crippen molar-refractivity contribution < 1.29 is 23.1 Å². The Morgan fingerprint density at radius 2 is 1.77 bits per heavy atom. The van der Waals surface area contributed by atoms with Crippen LogP contribution in [0.5, 0.6) is 0 Å². The van der Waals surface area contributed by atoms with Crippen molar-refractivity contribution in [2.45, 2.75) is 32.6 Å². The topological polar surface area (TPSA) is 46.6 Å². The van der Waals surface area contributed by atoms with Crippen LogP contribution >= 0.6 is 0 Å². The van der Waals surface area contributed by atoms with Crippen molar-refractivity contribution in [2.24, 2.45) is 0 Å². The van der Waals surface area contributed by atoms with E-state index >= 15 is 0 Å². The van der Waals surface area contributed by atoms with Crippen LogP contribution < -0.4 is 0 Å². The fraction of sp³-hybridized carbons (Fsp3) is 0.500. The maximum absolute atomic E-state index is 13.5. The summed E-state index contributed by atoms with van der Waals surface area (Å²) in [4.78, 5) is 24.5. The molecule has 0 fully saturated rings. The summed E-state index contributed by atoms with van der Waals surface area (Å²) in [5, 5.41) is 0. The van der Waals surface area contributed by atoms with Crippen LogP contribution in [0.1, 0.15) is 43.0 Å². The highest BCUT2D eigenvalue weighted by atomic mass is 19.1. The summed E-state index contributed by atoms with van der Waals surface area (Å²) in [6.45, 7) is 2.02. The highest BCUT2D eigenvalue weighted by Crippen LogP contribution is 2.14. The van der Waals surface area contributed by atoms with E-state index in [-0.39, 0.29) is 13.2 Å². The fourth-order valence-electron chi connectivity index (χ4n) is 1.92. The summed E-state index contributed by atoms with van der Waals surface area (Å²) < 4.78 is 32.0. The zero-order valence-electron chi connectivity index (χ0n) is 12.9. The van der Waals surface area contributed by atoms with Gasteiger partial charge in [0.2, 0.25) is 0 Å². The molecule has 4 nitrogen and oxygen atoms in total. The standard InChI is InChI=1S/C16H21F2NO3/c1-3-4-5-6-10-22-14(20)11-19(2)16(21)15-12(17)8-7-9-13(15)18/h7-9H,3-6,10-11H2,1-2H3. The van der Waals surface area contributed by atoms with Gasteiger partial charge in [0.1, 0.15) is 23.7 Å². The number of ether oxygens (including phenoxy) is 1. The second-order valence-corrected chi connectivity index (χ2v) is 5.04. The van der Waals surface area contributed by atoms with E-state index in [0.29, 0.717) is 0 Å². The second kappa shape index (κ2) is 9.12. The number of rotatable bonds is 8. The van der Waals surface area contributed by atoms with E-state index in [4.69, 9.17) is 4.74 Å². The molecule has 1 amide bonds. The Hall–Kier alpha value is -1.98. The molecule has 0 heterocycles. The first-order valence-electron chi connectivity index (χ1n) is 7.32. The van der Waals surface area contributed by atoms with Crippen LogP contribution in [0, 0.1) is 11.6 Å². The lowest BCUT2D eigenvalue weighted by molar-refractivity contribution is -0.144. The number of hydrogen-bond acceptors (Lipinski definition) is 3. The van der Waals surface area contributed by atoms with E-state index in [1.54, 1.807) is 0 Å². The van der Waals surface area contributed by atoms with E-state index in [2.05, 4.69) is 6.92 Å². The number of nitrogens with zero attached hydrogens (tertiary/aromatic N) is 1. The molecule has 0 aromatic heterocycles. The largest absolute Gasteiger partial charge is 0.464 e. The van der Waals surface area contributed by atoms with Crippen molar-refractivity contribution >= 4 is 11.9 Å². The van der Waals surface area contributed by atoms with Gasteiger partial charge in [-0.2, -0.15) is 0 Å². The van der Waals surface area contributed by atoms with E-state index in [9.17, 15) is 18.4 Å². The van der Waals surface area contributed by atoms with Gasteiger partial charge in [-0.15, -0.1) is 0 Å². The summed E-state index contributed by atoms with van der Waals surface area (Å²) in [5.41, 5.74) is -0.666. The van der Waals surface area contributed by atoms with E-state index in [1.165, 1.54) is 13.1 Å². The molecule has 6 heteroatoms. The number of carbonyl (C=O) groups is 2. The van der Waals surface area contributed by atoms with Crippen molar-refractivity contribution in [3.8, 4) is 0 Å². The minimum Gasteiger partial charge on any atom is -0.464 e. The molecule has 122 valence electrons. The van der Waals surface area contributed by atoms with Crippen LogP contribution in [0.2, 0.25) is 0 Å². The zero-order chi connectivity index (χ0) is 16.5. The van der Waals surface area contributed by atoms with Crippen molar-refractivity contribution in [1.82, 2.24) is 4.90 Å². The first kappa shape index (κ1) is 18.1. The summed E-state index contributed by atoms with van der Waals surface area (Å²) >= 11 is 0. The average Bonchev–Trinajstić information content (AvgIpc) is 2.46. The number of amides is 1. The Morgan fingerprint density at radius 1 is 1.14 bits per heavy atom. The van der Waals surface area contributed by atoms with Crippen LogP contribution in [0.25, 0.3) is 0 Å². The molecule has 1 aromatic carbocycles. The monoisotopic (exact) mass is 313 g/mol. The van der Waals surface area contributed by atoms with Gasteiger partial charge in [-0.1, -0.05) is 32.3 Å². The molecule has 0 radical (unpaired) electrons. The third kappa shape index (κ3) is 5.42. The Kier molecular flexibility index (Phi) is 7.49. The molecule has 0 spiro atoms. The molecule has 0 bridgehead atoms. The first-order valence-corrected chi connectivity index (χ1v) is 7.32. The quantitative estimate of drug-likeness (QED) is 0.547. The molecule has 22 heavy (non-hydrogen) atoms. The maximum atomic E-state index is 13.5. The van der Waals surface area contributed by atoms with Crippen LogP contribution in [0.15, 0.2) is 18.2 Å². The predicted molar refractivity (Wildman–Crippen MR) is 78.4 cm³/mol. The number of hydrogen-bond donors (Lipinski definition) is 0. The van der Waals surface area contributed by atoms with Crippen LogP contribution in [-0.4, -0.2) is 37.0 Å². The SMILES string of the molecule is CCCCCCOC(=O)CN(C)C(=O)c1c(F)cccc1F. The fourth-order valence-corrected chi connectivity index (χ4v) is 1.92. The molecule has 0 aliphatic carbocycles. The molecular weight excluding hydrogens is 292 g/mol. The normalized spacial score (nSPS) is 10.4. The molecular formula is C16H21F2NO3. The lowest BCUT2D eigenvalue weighted by atomic mass is 10.1. The Balaban J connectivity index is 2.49. The minimum absolute atomic E-state index is 0.287. The summed E-state index contributed by atoms with van der Waals surface area (Å²) in [6, 6.07) is 3.17. The van der Waals surface area contributed by atoms with Gasteiger partial charge in [-0.05, 0) is 18.6 Å². The van der Waals surface area contributed by atoms with Crippen molar-refractivity contribution in [2.75, 3.05) is 20.2 Å². The van der Waals surface area contributed by atoms with Gasteiger partial charge < -0.3 is 9.64 Å². The first-order chi connectivity index (χ1) is 10.5. The van der Waals surface area contributed by atoms with Crippen LogP contribution in [0.4, 0.5) is 8.78 Å². The molecule has 0 aliphatic heterocycles. The third-order valence-electron chi connectivity index (χ3n) is 3.15. The minimum atomic E-state index is -0.954. The number of esters is 1. The van der Waals surface area contributed by atoms with Gasteiger partial charge in [0.15, 0.2) is 0 Å². The van der Waals surface area contributed by atoms with Crippen LogP contribution in [0.3, 0.4) is 0 Å². The molecule has 0 unspecified atom stereocenters. The van der Waals surface area contributed by atoms with Gasteiger partial charge in [-0.25, -0.2) is 8.78 Å². The number of unbranched alkanes of at least 4 members (excludes halogenated alkanes) is 3. The molecule has 1 rings (SSSR count). The second-order valence-electron chi connectivity index (χ2n) is 5.04. The smallest absolute Gasteiger partial charge is 0.325 e. The Morgan fingerprint density at radius 3 is 2.36 bits per heavy atom. The average molecular weight is 313 g/mol. The summed E-state index contributed by atoms with van der Waals surface area (Å²) in [6.07, 6.45) is 3.89. The molecule has 0 atom stereocenters. The van der Waals surface area contributed by atoms with E-state index in [1.807, 2.05) is 0 Å². The summed E-state index contributed by atoms with van der Waals surface area (Å²) in [5.74, 6) is -3.39.